The number of nitrogens with zero attached hydrogens (tertiary/aromatic N) is 4. The van der Waals surface area contributed by atoms with Gasteiger partial charge in [0.1, 0.15) is 11.5 Å². The maximum Gasteiger partial charge on any atom is 0.286 e. The molecule has 0 unspecified atom stereocenters. The first-order valence-corrected chi connectivity index (χ1v) is 11.3. The van der Waals surface area contributed by atoms with Crippen molar-refractivity contribution in [3.8, 4) is 17.0 Å². The first kappa shape index (κ1) is 24.5. The van der Waals surface area contributed by atoms with Crippen LogP contribution in [0, 0.1) is 6.92 Å². The van der Waals surface area contributed by atoms with E-state index in [4.69, 9.17) is 9.47 Å². The Morgan fingerprint density at radius 3 is 2.69 bits per heavy atom. The summed E-state index contributed by atoms with van der Waals surface area (Å²) >= 11 is 0. The van der Waals surface area contributed by atoms with Gasteiger partial charge in [0.15, 0.2) is 0 Å². The Labute approximate surface area is 202 Å². The van der Waals surface area contributed by atoms with E-state index in [1.165, 1.54) is 18.5 Å². The molecule has 184 valence electrons. The number of rotatable bonds is 7. The average molecular weight is 484 g/mol. The fourth-order valence-electron chi connectivity index (χ4n) is 3.73. The molecule has 0 saturated carbocycles. The molecule has 0 bridgehead atoms. The van der Waals surface area contributed by atoms with Gasteiger partial charge in [-0.15, -0.1) is 0 Å². The summed E-state index contributed by atoms with van der Waals surface area (Å²) in [6, 6.07) is 8.07. The number of morpholine rings is 1. The van der Waals surface area contributed by atoms with Crippen LogP contribution in [0.15, 0.2) is 42.7 Å². The van der Waals surface area contributed by atoms with Gasteiger partial charge in [0, 0.05) is 49.1 Å². The van der Waals surface area contributed by atoms with Crippen molar-refractivity contribution in [3.63, 3.8) is 0 Å². The summed E-state index contributed by atoms with van der Waals surface area (Å²) in [6.45, 7) is 7.66. The Balaban J connectivity index is 1.64. The van der Waals surface area contributed by atoms with Gasteiger partial charge in [0.25, 0.3) is 11.8 Å². The standard InChI is InChI=1S/C25H27F2N5O3/c1-4-35-23-13-18(12-22(31-23)32-7-9-34-10-8-32)20-14-19(15-29-16(20)2)30-24(33)17-5-6-28-21(11-17)25(3,26)27/h5-6,11-15H,4,7-10H2,1-3H3,(H,30,33). The predicted octanol–water partition coefficient (Wildman–Crippen LogP) is 4.45. The Bertz CT molecular complexity index is 1210. The Morgan fingerprint density at radius 1 is 1.20 bits per heavy atom. The number of alkyl halides is 2. The number of hydrogen-bond acceptors (Lipinski definition) is 7. The molecule has 0 aromatic carbocycles. The third kappa shape index (κ3) is 5.89. The van der Waals surface area contributed by atoms with Crippen LogP contribution in [0.3, 0.4) is 0 Å². The molecule has 1 saturated heterocycles. The zero-order chi connectivity index (χ0) is 25.0. The third-order valence-electron chi connectivity index (χ3n) is 5.54. The molecule has 1 aliphatic rings. The highest BCUT2D eigenvalue weighted by atomic mass is 19.3. The van der Waals surface area contributed by atoms with E-state index < -0.39 is 17.5 Å². The molecular formula is C25H27F2N5O3. The van der Waals surface area contributed by atoms with Crippen molar-refractivity contribution in [2.45, 2.75) is 26.7 Å². The van der Waals surface area contributed by atoms with Crippen molar-refractivity contribution in [1.82, 2.24) is 15.0 Å². The minimum absolute atomic E-state index is 0.0794. The van der Waals surface area contributed by atoms with Crippen LogP contribution in [-0.2, 0) is 10.7 Å². The van der Waals surface area contributed by atoms with Gasteiger partial charge in [-0.1, -0.05) is 0 Å². The van der Waals surface area contributed by atoms with Gasteiger partial charge in [-0.05, 0) is 43.7 Å². The zero-order valence-electron chi connectivity index (χ0n) is 19.8. The second-order valence-corrected chi connectivity index (χ2v) is 8.21. The number of carbonyl (C=O) groups is 1. The molecule has 35 heavy (non-hydrogen) atoms. The van der Waals surface area contributed by atoms with Gasteiger partial charge in [-0.2, -0.15) is 13.8 Å². The molecule has 0 aliphatic carbocycles. The van der Waals surface area contributed by atoms with Crippen LogP contribution in [0.4, 0.5) is 20.3 Å². The molecule has 1 fully saturated rings. The number of pyridine rings is 3. The second-order valence-electron chi connectivity index (χ2n) is 8.21. The highest BCUT2D eigenvalue weighted by Crippen LogP contribution is 2.31. The van der Waals surface area contributed by atoms with Crippen LogP contribution in [0.1, 0.15) is 35.6 Å². The smallest absolute Gasteiger partial charge is 0.286 e. The fraction of sp³-hybridized carbons (Fsp3) is 0.360. The number of anilines is 2. The Morgan fingerprint density at radius 2 is 1.97 bits per heavy atom. The summed E-state index contributed by atoms with van der Waals surface area (Å²) in [5.41, 5.74) is 2.42. The lowest BCUT2D eigenvalue weighted by Gasteiger charge is -2.28. The minimum Gasteiger partial charge on any atom is -0.478 e. The summed E-state index contributed by atoms with van der Waals surface area (Å²) < 4.78 is 38.4. The minimum atomic E-state index is -3.15. The Hall–Kier alpha value is -3.66. The van der Waals surface area contributed by atoms with Crippen LogP contribution in [0.25, 0.3) is 11.1 Å². The molecule has 4 heterocycles. The van der Waals surface area contributed by atoms with E-state index in [1.54, 1.807) is 6.07 Å². The van der Waals surface area contributed by atoms with Crippen molar-refractivity contribution in [1.29, 1.82) is 0 Å². The van der Waals surface area contributed by atoms with Crippen LogP contribution >= 0.6 is 0 Å². The molecule has 4 rings (SSSR count). The molecule has 3 aromatic rings. The van der Waals surface area contributed by atoms with Crippen molar-refractivity contribution >= 4 is 17.4 Å². The summed E-state index contributed by atoms with van der Waals surface area (Å²) in [5, 5.41) is 2.74. The van der Waals surface area contributed by atoms with Crippen LogP contribution in [0.2, 0.25) is 0 Å². The number of carbonyl (C=O) groups excluding carboxylic acids is 1. The third-order valence-corrected chi connectivity index (χ3v) is 5.54. The van der Waals surface area contributed by atoms with Gasteiger partial charge in [-0.25, -0.2) is 0 Å². The normalized spacial score (nSPS) is 14.0. The van der Waals surface area contributed by atoms with E-state index in [9.17, 15) is 13.6 Å². The van der Waals surface area contributed by atoms with E-state index in [-0.39, 0.29) is 5.56 Å². The maximum atomic E-state index is 13.6. The fourth-order valence-corrected chi connectivity index (χ4v) is 3.73. The van der Waals surface area contributed by atoms with Gasteiger partial charge < -0.3 is 19.7 Å². The van der Waals surface area contributed by atoms with E-state index >= 15 is 0 Å². The highest BCUT2D eigenvalue weighted by molar-refractivity contribution is 6.04. The SMILES string of the molecule is CCOc1cc(-c2cc(NC(=O)c3ccnc(C(C)(F)F)c3)cnc2C)cc(N2CCOCC2)n1. The molecule has 10 heteroatoms. The van der Waals surface area contributed by atoms with Crippen molar-refractivity contribution in [3.05, 3.63) is 59.7 Å². The first-order chi connectivity index (χ1) is 16.7. The number of aryl methyl sites for hydroxylation is 1. The molecule has 0 spiro atoms. The number of amides is 1. The molecule has 8 nitrogen and oxygen atoms in total. The van der Waals surface area contributed by atoms with Crippen molar-refractivity contribution < 1.29 is 23.0 Å². The molecule has 0 radical (unpaired) electrons. The lowest BCUT2D eigenvalue weighted by Crippen LogP contribution is -2.36. The molecule has 0 atom stereocenters. The van der Waals surface area contributed by atoms with Gasteiger partial charge in [-0.3, -0.25) is 14.8 Å². The van der Waals surface area contributed by atoms with Gasteiger partial charge in [0.2, 0.25) is 5.88 Å². The number of halogens is 2. The van der Waals surface area contributed by atoms with E-state index in [0.29, 0.717) is 31.4 Å². The average Bonchev–Trinajstić information content (AvgIpc) is 2.85. The second kappa shape index (κ2) is 10.3. The van der Waals surface area contributed by atoms with Gasteiger partial charge in [0.05, 0.1) is 31.7 Å². The topological polar surface area (TPSA) is 89.5 Å². The summed E-state index contributed by atoms with van der Waals surface area (Å²) in [6.07, 6.45) is 2.72. The van der Waals surface area contributed by atoms with Crippen molar-refractivity contribution in [2.75, 3.05) is 43.1 Å². The monoisotopic (exact) mass is 483 g/mol. The number of ether oxygens (including phenoxy) is 2. The Kier molecular flexibility index (Phi) is 7.20. The quantitative estimate of drug-likeness (QED) is 0.531. The van der Waals surface area contributed by atoms with Crippen LogP contribution in [0.5, 0.6) is 5.88 Å². The van der Waals surface area contributed by atoms with Crippen molar-refractivity contribution in [2.24, 2.45) is 0 Å². The number of hydrogen-bond donors (Lipinski definition) is 1. The summed E-state index contributed by atoms with van der Waals surface area (Å²) in [4.78, 5) is 27.6. The summed E-state index contributed by atoms with van der Waals surface area (Å²) in [5.74, 6) is -2.42. The van der Waals surface area contributed by atoms with Crippen LogP contribution in [-0.4, -0.2) is 53.8 Å². The molecule has 1 aliphatic heterocycles. The highest BCUT2D eigenvalue weighted by Gasteiger charge is 2.27. The number of nitrogens with one attached hydrogen (secondary N) is 1. The summed E-state index contributed by atoms with van der Waals surface area (Å²) in [7, 11) is 0. The van der Waals surface area contributed by atoms with E-state index in [0.717, 1.165) is 48.7 Å². The van der Waals surface area contributed by atoms with Gasteiger partial charge >= 0.3 is 0 Å². The molecular weight excluding hydrogens is 456 g/mol. The largest absolute Gasteiger partial charge is 0.478 e. The van der Waals surface area contributed by atoms with E-state index in [2.05, 4.69) is 25.2 Å². The number of aromatic nitrogens is 3. The lowest BCUT2D eigenvalue weighted by molar-refractivity contribution is 0.0127. The molecule has 3 aromatic heterocycles. The lowest BCUT2D eigenvalue weighted by atomic mass is 10.0. The predicted molar refractivity (Wildman–Crippen MR) is 128 cm³/mol. The van der Waals surface area contributed by atoms with Crippen LogP contribution < -0.4 is 15.0 Å². The first-order valence-electron chi connectivity index (χ1n) is 11.3. The molecule has 1 N–H and O–H groups in total. The van der Waals surface area contributed by atoms with E-state index in [1.807, 2.05) is 26.0 Å². The zero-order valence-corrected chi connectivity index (χ0v) is 19.8. The molecule has 1 amide bonds. The maximum absolute atomic E-state index is 13.6.